The predicted molar refractivity (Wildman–Crippen MR) is 77.1 cm³/mol. The number of hydrogen-bond acceptors (Lipinski definition) is 2. The van der Waals surface area contributed by atoms with Gasteiger partial charge < -0.3 is 0 Å². The van der Waals surface area contributed by atoms with Crippen LogP contribution in [0.3, 0.4) is 0 Å². The number of ketones is 1. The van der Waals surface area contributed by atoms with Gasteiger partial charge in [0.05, 0.1) is 5.52 Å². The number of carbonyl (C=O) groups is 1. The van der Waals surface area contributed by atoms with Crippen molar-refractivity contribution >= 4 is 16.7 Å². The number of aromatic nitrogens is 1. The van der Waals surface area contributed by atoms with Gasteiger partial charge in [-0.2, -0.15) is 0 Å². The molecule has 0 radical (unpaired) electrons. The quantitative estimate of drug-likeness (QED) is 0.648. The molecule has 0 saturated carbocycles. The highest BCUT2D eigenvalue weighted by atomic mass is 19.1. The van der Waals surface area contributed by atoms with E-state index in [0.29, 0.717) is 22.2 Å². The first-order valence-electron chi connectivity index (χ1n) is 6.31. The zero-order valence-corrected chi connectivity index (χ0v) is 10.9. The van der Waals surface area contributed by atoms with Gasteiger partial charge in [-0.05, 0) is 30.7 Å². The Morgan fingerprint density at radius 2 is 1.85 bits per heavy atom. The Kier molecular flexibility index (Phi) is 3.03. The number of nitrogens with zero attached hydrogens (tertiary/aromatic N) is 1. The topological polar surface area (TPSA) is 30.0 Å². The fourth-order valence-corrected chi connectivity index (χ4v) is 2.39. The normalized spacial score (nSPS) is 10.7. The van der Waals surface area contributed by atoms with Crippen LogP contribution in [0.1, 0.15) is 17.3 Å². The van der Waals surface area contributed by atoms with Gasteiger partial charge in [-0.25, -0.2) is 4.39 Å². The molecule has 2 aromatic carbocycles. The number of rotatable bonds is 2. The molecule has 0 unspecified atom stereocenters. The molecule has 1 aromatic heterocycles. The molecule has 0 aliphatic carbocycles. The molecule has 0 aliphatic rings. The Labute approximate surface area is 115 Å². The number of pyridine rings is 1. The van der Waals surface area contributed by atoms with E-state index in [9.17, 15) is 9.18 Å². The number of halogens is 1. The molecular weight excluding hydrogens is 253 g/mol. The number of benzene rings is 2. The molecule has 0 spiro atoms. The molecule has 20 heavy (non-hydrogen) atoms. The summed E-state index contributed by atoms with van der Waals surface area (Å²) < 4.78 is 13.8. The third-order valence-corrected chi connectivity index (χ3v) is 3.27. The van der Waals surface area contributed by atoms with Gasteiger partial charge in [0.25, 0.3) is 0 Å². The summed E-state index contributed by atoms with van der Waals surface area (Å²) in [6, 6.07) is 13.7. The standard InChI is InChI=1S/C17H12FNO/c1-11(20)14-6-2-3-7-15(14)16-10-13(18)9-12-5-4-8-19-17(12)16/h2-10H,1H3. The second kappa shape index (κ2) is 4.85. The van der Waals surface area contributed by atoms with Crippen molar-refractivity contribution in [1.29, 1.82) is 0 Å². The highest BCUT2D eigenvalue weighted by Crippen LogP contribution is 2.31. The lowest BCUT2D eigenvalue weighted by molar-refractivity contribution is 0.101. The van der Waals surface area contributed by atoms with Crippen LogP contribution in [-0.4, -0.2) is 10.8 Å². The van der Waals surface area contributed by atoms with E-state index in [0.717, 1.165) is 5.39 Å². The molecule has 0 atom stereocenters. The molecule has 2 nitrogen and oxygen atoms in total. The van der Waals surface area contributed by atoms with Crippen LogP contribution in [-0.2, 0) is 0 Å². The smallest absolute Gasteiger partial charge is 0.160 e. The average Bonchev–Trinajstić information content (AvgIpc) is 2.46. The number of fused-ring (bicyclic) bond motifs is 1. The summed E-state index contributed by atoms with van der Waals surface area (Å²) >= 11 is 0. The van der Waals surface area contributed by atoms with Crippen LogP contribution in [0.2, 0.25) is 0 Å². The van der Waals surface area contributed by atoms with E-state index >= 15 is 0 Å². The van der Waals surface area contributed by atoms with E-state index in [-0.39, 0.29) is 11.6 Å². The number of Topliss-reactive ketones (excluding diaryl/α,β-unsaturated/α-hetero) is 1. The van der Waals surface area contributed by atoms with Crippen LogP contribution in [0.4, 0.5) is 4.39 Å². The summed E-state index contributed by atoms with van der Waals surface area (Å²) in [5.41, 5.74) is 2.63. The van der Waals surface area contributed by atoms with Gasteiger partial charge in [-0.15, -0.1) is 0 Å². The van der Waals surface area contributed by atoms with Crippen molar-refractivity contribution in [2.75, 3.05) is 0 Å². The molecule has 0 fully saturated rings. The second-order valence-corrected chi connectivity index (χ2v) is 4.63. The van der Waals surface area contributed by atoms with Crippen molar-refractivity contribution in [3.05, 3.63) is 66.1 Å². The lowest BCUT2D eigenvalue weighted by Gasteiger charge is -2.10. The largest absolute Gasteiger partial charge is 0.294 e. The van der Waals surface area contributed by atoms with Gasteiger partial charge in [-0.3, -0.25) is 9.78 Å². The van der Waals surface area contributed by atoms with E-state index in [1.807, 2.05) is 18.2 Å². The highest BCUT2D eigenvalue weighted by Gasteiger charge is 2.13. The third-order valence-electron chi connectivity index (χ3n) is 3.27. The average molecular weight is 265 g/mol. The van der Waals surface area contributed by atoms with Gasteiger partial charge in [0.1, 0.15) is 5.82 Å². The summed E-state index contributed by atoms with van der Waals surface area (Å²) in [5, 5.41) is 0.723. The van der Waals surface area contributed by atoms with Crippen molar-refractivity contribution < 1.29 is 9.18 Å². The van der Waals surface area contributed by atoms with Gasteiger partial charge in [0.2, 0.25) is 0 Å². The van der Waals surface area contributed by atoms with Gasteiger partial charge in [0, 0.05) is 22.7 Å². The maximum absolute atomic E-state index is 13.8. The summed E-state index contributed by atoms with van der Waals surface area (Å²) in [5.74, 6) is -0.382. The van der Waals surface area contributed by atoms with E-state index in [2.05, 4.69) is 4.98 Å². The predicted octanol–water partition coefficient (Wildman–Crippen LogP) is 4.24. The van der Waals surface area contributed by atoms with Crippen molar-refractivity contribution in [3.63, 3.8) is 0 Å². The fraction of sp³-hybridized carbons (Fsp3) is 0.0588. The maximum Gasteiger partial charge on any atom is 0.160 e. The molecule has 0 saturated heterocycles. The molecular formula is C17H12FNO. The third kappa shape index (κ3) is 2.07. The molecule has 0 amide bonds. The van der Waals surface area contributed by atoms with Crippen LogP contribution < -0.4 is 0 Å². The number of hydrogen-bond donors (Lipinski definition) is 0. The van der Waals surface area contributed by atoms with Crippen LogP contribution in [0, 0.1) is 5.82 Å². The SMILES string of the molecule is CC(=O)c1ccccc1-c1cc(F)cc2cccnc12. The Hall–Kier alpha value is -2.55. The lowest BCUT2D eigenvalue weighted by Crippen LogP contribution is -1.97. The van der Waals surface area contributed by atoms with E-state index in [1.165, 1.54) is 19.1 Å². The maximum atomic E-state index is 13.8. The summed E-state index contributed by atoms with van der Waals surface area (Å²) in [6.45, 7) is 1.51. The molecule has 0 N–H and O–H groups in total. The molecule has 98 valence electrons. The van der Waals surface area contributed by atoms with Gasteiger partial charge >= 0.3 is 0 Å². The van der Waals surface area contributed by atoms with Crippen LogP contribution >= 0.6 is 0 Å². The van der Waals surface area contributed by atoms with Crippen molar-refractivity contribution in [2.45, 2.75) is 6.92 Å². The second-order valence-electron chi connectivity index (χ2n) is 4.63. The first-order valence-corrected chi connectivity index (χ1v) is 6.31. The zero-order chi connectivity index (χ0) is 14.1. The number of carbonyl (C=O) groups excluding carboxylic acids is 1. The molecule has 3 aromatic rings. The fourth-order valence-electron chi connectivity index (χ4n) is 2.39. The van der Waals surface area contributed by atoms with Gasteiger partial charge in [0.15, 0.2) is 5.78 Å². The molecule has 3 heteroatoms. The van der Waals surface area contributed by atoms with Crippen LogP contribution in [0.15, 0.2) is 54.7 Å². The monoisotopic (exact) mass is 265 g/mol. The Bertz CT molecular complexity index is 811. The summed E-state index contributed by atoms with van der Waals surface area (Å²) in [4.78, 5) is 16.1. The van der Waals surface area contributed by atoms with Crippen LogP contribution in [0.25, 0.3) is 22.0 Å². The minimum Gasteiger partial charge on any atom is -0.294 e. The Balaban J connectivity index is 2.38. The minimum absolute atomic E-state index is 0.0473. The first kappa shape index (κ1) is 12.5. The molecule has 1 heterocycles. The molecule has 0 aliphatic heterocycles. The first-order chi connectivity index (χ1) is 9.66. The zero-order valence-electron chi connectivity index (χ0n) is 10.9. The lowest BCUT2D eigenvalue weighted by atomic mass is 9.95. The minimum atomic E-state index is -0.334. The van der Waals surface area contributed by atoms with E-state index < -0.39 is 0 Å². The van der Waals surface area contributed by atoms with Crippen molar-refractivity contribution in [3.8, 4) is 11.1 Å². The van der Waals surface area contributed by atoms with E-state index in [4.69, 9.17) is 0 Å². The summed E-state index contributed by atoms with van der Waals surface area (Å²) in [6.07, 6.45) is 1.67. The Morgan fingerprint density at radius 1 is 1.05 bits per heavy atom. The van der Waals surface area contributed by atoms with Crippen LogP contribution in [0.5, 0.6) is 0 Å². The van der Waals surface area contributed by atoms with Crippen molar-refractivity contribution in [1.82, 2.24) is 4.98 Å². The van der Waals surface area contributed by atoms with E-state index in [1.54, 1.807) is 24.4 Å². The molecule has 3 rings (SSSR count). The highest BCUT2D eigenvalue weighted by molar-refractivity contribution is 6.04. The Morgan fingerprint density at radius 3 is 2.65 bits per heavy atom. The summed E-state index contributed by atoms with van der Waals surface area (Å²) in [7, 11) is 0. The van der Waals surface area contributed by atoms with Gasteiger partial charge in [-0.1, -0.05) is 30.3 Å². The molecule has 0 bridgehead atoms. The van der Waals surface area contributed by atoms with Crippen molar-refractivity contribution in [2.24, 2.45) is 0 Å².